The Kier molecular flexibility index (Phi) is 15.1. The van der Waals surface area contributed by atoms with Crippen LogP contribution in [-0.4, -0.2) is 11.6 Å². The number of carbonyl (C=O) groups excluding carboxylic acids is 2. The first-order valence-electron chi connectivity index (χ1n) is 14.8. The molecular weight excluding hydrogens is 440 g/mol. The van der Waals surface area contributed by atoms with Gasteiger partial charge in [-0.05, 0) is 43.4 Å². The van der Waals surface area contributed by atoms with Gasteiger partial charge in [0.25, 0.3) is 0 Å². The zero-order valence-electron chi connectivity index (χ0n) is 23.4. The van der Waals surface area contributed by atoms with Gasteiger partial charge in [0.05, 0.1) is 0 Å². The lowest BCUT2D eigenvalue weighted by Crippen LogP contribution is -2.17. The van der Waals surface area contributed by atoms with E-state index < -0.39 is 5.78 Å². The number of rotatable bonds is 20. The summed E-state index contributed by atoms with van der Waals surface area (Å²) in [6, 6.07) is 12.7. The van der Waals surface area contributed by atoms with E-state index in [-0.39, 0.29) is 5.78 Å². The molecule has 0 N–H and O–H groups in total. The van der Waals surface area contributed by atoms with Crippen LogP contribution in [0.1, 0.15) is 147 Å². The predicted molar refractivity (Wildman–Crippen MR) is 154 cm³/mol. The van der Waals surface area contributed by atoms with Gasteiger partial charge in [-0.25, -0.2) is 0 Å². The highest BCUT2D eigenvalue weighted by Crippen LogP contribution is 2.23. The maximum Gasteiger partial charge on any atom is 0.233 e. The fraction of sp³-hybridized carbons (Fsp3) is 0.588. The van der Waals surface area contributed by atoms with Gasteiger partial charge in [-0.1, -0.05) is 146 Å². The molecule has 2 heteroatoms. The smallest absolute Gasteiger partial charge is 0.233 e. The third-order valence-corrected chi connectivity index (χ3v) is 7.64. The van der Waals surface area contributed by atoms with Gasteiger partial charge in [-0.3, -0.25) is 9.59 Å². The molecule has 36 heavy (non-hydrogen) atoms. The van der Waals surface area contributed by atoms with Crippen LogP contribution < -0.4 is 0 Å². The molecule has 0 aliphatic carbocycles. The first-order chi connectivity index (χ1) is 17.6. The predicted octanol–water partition coefficient (Wildman–Crippen LogP) is 10.2. The van der Waals surface area contributed by atoms with Crippen molar-refractivity contribution < 1.29 is 9.59 Å². The number of ketones is 2. The largest absolute Gasteiger partial charge is 0.285 e. The Bertz CT molecular complexity index is 897. The quantitative estimate of drug-likeness (QED) is 0.105. The highest BCUT2D eigenvalue weighted by molar-refractivity contribution is 6.49. The van der Waals surface area contributed by atoms with Gasteiger partial charge < -0.3 is 0 Å². The lowest BCUT2D eigenvalue weighted by Gasteiger charge is -2.14. The van der Waals surface area contributed by atoms with Gasteiger partial charge >= 0.3 is 0 Å². The summed E-state index contributed by atoms with van der Waals surface area (Å²) in [7, 11) is 0. The van der Waals surface area contributed by atoms with Crippen LogP contribution in [0.4, 0.5) is 0 Å². The molecule has 2 aromatic rings. The zero-order valence-corrected chi connectivity index (χ0v) is 23.4. The summed E-state index contributed by atoms with van der Waals surface area (Å²) in [5, 5.41) is 0. The van der Waals surface area contributed by atoms with Crippen LogP contribution in [0.2, 0.25) is 0 Å². The van der Waals surface area contributed by atoms with Crippen molar-refractivity contribution in [3.63, 3.8) is 0 Å². The fourth-order valence-electron chi connectivity index (χ4n) is 5.10. The van der Waals surface area contributed by atoms with Crippen LogP contribution in [0.3, 0.4) is 0 Å². The average molecular weight is 491 g/mol. The number of carbonyl (C=O) groups is 2. The molecule has 198 valence electrons. The minimum Gasteiger partial charge on any atom is -0.285 e. The van der Waals surface area contributed by atoms with Crippen LogP contribution in [0.25, 0.3) is 0 Å². The second-order valence-corrected chi connectivity index (χ2v) is 10.6. The molecule has 2 aromatic carbocycles. The van der Waals surface area contributed by atoms with Gasteiger partial charge in [0.1, 0.15) is 0 Å². The van der Waals surface area contributed by atoms with Crippen LogP contribution >= 0.6 is 0 Å². The van der Waals surface area contributed by atoms with Crippen molar-refractivity contribution in [2.75, 3.05) is 0 Å². The van der Waals surface area contributed by atoms with E-state index in [0.717, 1.165) is 24.0 Å². The third kappa shape index (κ3) is 10.8. The van der Waals surface area contributed by atoms with Gasteiger partial charge in [0, 0.05) is 11.1 Å². The molecule has 0 saturated carbocycles. The monoisotopic (exact) mass is 490 g/mol. The Morgan fingerprint density at radius 2 is 1.03 bits per heavy atom. The van der Waals surface area contributed by atoms with E-state index in [0.29, 0.717) is 11.1 Å². The highest BCUT2D eigenvalue weighted by atomic mass is 16.2. The van der Waals surface area contributed by atoms with Crippen molar-refractivity contribution in [2.24, 2.45) is 0 Å². The lowest BCUT2D eigenvalue weighted by molar-refractivity contribution is 0.0816. The fourth-order valence-corrected chi connectivity index (χ4v) is 5.10. The van der Waals surface area contributed by atoms with Crippen molar-refractivity contribution in [1.82, 2.24) is 0 Å². The zero-order chi connectivity index (χ0) is 26.0. The lowest BCUT2D eigenvalue weighted by atomic mass is 9.89. The maximum absolute atomic E-state index is 13.1. The number of Topliss-reactive ketones (excluding diaryl/α,β-unsaturated/α-hetero) is 2. The Morgan fingerprint density at radius 1 is 0.556 bits per heavy atom. The van der Waals surface area contributed by atoms with Crippen molar-refractivity contribution in [3.8, 4) is 0 Å². The summed E-state index contributed by atoms with van der Waals surface area (Å²) in [6.07, 6.45) is 22.5. The molecule has 2 nitrogen and oxygen atoms in total. The topological polar surface area (TPSA) is 34.1 Å². The summed E-state index contributed by atoms with van der Waals surface area (Å²) < 4.78 is 0. The molecule has 0 spiro atoms. The van der Waals surface area contributed by atoms with Gasteiger partial charge in [-0.15, -0.1) is 0 Å². The molecular formula is C34H50O2. The van der Waals surface area contributed by atoms with E-state index in [9.17, 15) is 9.59 Å². The van der Waals surface area contributed by atoms with E-state index >= 15 is 0 Å². The van der Waals surface area contributed by atoms with E-state index in [2.05, 4.69) is 20.8 Å². The number of hydrogen-bond acceptors (Lipinski definition) is 2. The van der Waals surface area contributed by atoms with Crippen LogP contribution in [0.15, 0.2) is 42.5 Å². The standard InChI is InChI=1S/C34H50O2/c1-4-5-6-7-8-9-10-11-12-13-14-15-16-17-18-22-25-31-29(3)28(2)26-27-32(31)34(36)33(35)30-23-20-19-21-24-30/h19-21,23-24,26-27H,4-18,22,25H2,1-3H3. The van der Waals surface area contributed by atoms with E-state index in [4.69, 9.17) is 0 Å². The molecule has 0 radical (unpaired) electrons. The van der Waals surface area contributed by atoms with Crippen LogP contribution in [-0.2, 0) is 6.42 Å². The molecule has 0 atom stereocenters. The summed E-state index contributed by atoms with van der Waals surface area (Å²) in [5.41, 5.74) is 4.46. The van der Waals surface area contributed by atoms with Crippen molar-refractivity contribution in [1.29, 1.82) is 0 Å². The SMILES string of the molecule is CCCCCCCCCCCCCCCCCCc1c(C(=O)C(=O)c2ccccc2)ccc(C)c1C. The van der Waals surface area contributed by atoms with Crippen molar-refractivity contribution in [3.05, 3.63) is 70.3 Å². The number of aryl methyl sites for hydroxylation is 1. The van der Waals surface area contributed by atoms with E-state index in [1.165, 1.54) is 102 Å². The summed E-state index contributed by atoms with van der Waals surface area (Å²) in [6.45, 7) is 6.45. The molecule has 0 amide bonds. The average Bonchev–Trinajstić information content (AvgIpc) is 2.90. The third-order valence-electron chi connectivity index (χ3n) is 7.64. The van der Waals surface area contributed by atoms with Gasteiger partial charge in [0.2, 0.25) is 11.6 Å². The van der Waals surface area contributed by atoms with Crippen molar-refractivity contribution >= 4 is 11.6 Å². The Balaban J connectivity index is 1.63. The Hall–Kier alpha value is -2.22. The molecule has 0 fully saturated rings. The number of hydrogen-bond donors (Lipinski definition) is 0. The minimum absolute atomic E-state index is 0.379. The molecule has 0 bridgehead atoms. The van der Waals surface area contributed by atoms with Crippen molar-refractivity contribution in [2.45, 2.75) is 130 Å². The summed E-state index contributed by atoms with van der Waals surface area (Å²) in [5.74, 6) is -0.789. The maximum atomic E-state index is 13.1. The van der Waals surface area contributed by atoms with E-state index in [1.54, 1.807) is 24.3 Å². The Labute approximate surface area is 221 Å². The first kappa shape index (κ1) is 30.0. The molecule has 0 saturated heterocycles. The van der Waals surface area contributed by atoms with Crippen LogP contribution in [0, 0.1) is 13.8 Å². The minimum atomic E-state index is -0.410. The summed E-state index contributed by atoms with van der Waals surface area (Å²) in [4.78, 5) is 25.8. The summed E-state index contributed by atoms with van der Waals surface area (Å²) >= 11 is 0. The van der Waals surface area contributed by atoms with Gasteiger partial charge in [-0.2, -0.15) is 0 Å². The highest BCUT2D eigenvalue weighted by Gasteiger charge is 2.22. The molecule has 2 rings (SSSR count). The molecule has 0 aromatic heterocycles. The van der Waals surface area contributed by atoms with Gasteiger partial charge in [0.15, 0.2) is 0 Å². The number of unbranched alkanes of at least 4 members (excludes halogenated alkanes) is 15. The molecule has 0 unspecified atom stereocenters. The second-order valence-electron chi connectivity index (χ2n) is 10.6. The molecule has 0 aliphatic rings. The normalized spacial score (nSPS) is 11.1. The van der Waals surface area contributed by atoms with E-state index in [1.807, 2.05) is 18.2 Å². The second kappa shape index (κ2) is 18.1. The van der Waals surface area contributed by atoms with Crippen LogP contribution in [0.5, 0.6) is 0 Å². The first-order valence-corrected chi connectivity index (χ1v) is 14.8. The molecule has 0 aliphatic heterocycles. The Morgan fingerprint density at radius 3 is 1.53 bits per heavy atom. The number of benzene rings is 2. The molecule has 0 heterocycles.